The topological polar surface area (TPSA) is 0 Å². The van der Waals surface area contributed by atoms with Crippen molar-refractivity contribution in [3.63, 3.8) is 0 Å². The van der Waals surface area contributed by atoms with Gasteiger partial charge in [-0.3, -0.25) is 0 Å². The summed E-state index contributed by atoms with van der Waals surface area (Å²) in [6.07, 6.45) is 5.80. The number of hydrogen-bond acceptors (Lipinski definition) is 0. The summed E-state index contributed by atoms with van der Waals surface area (Å²) >= 11 is 0. The molecular formula is C20H48Si4. The Hall–Kier alpha value is 0.868. The smallest absolute Gasteiger partial charge is 0.0375 e. The van der Waals surface area contributed by atoms with Gasteiger partial charge in [0.2, 0.25) is 0 Å². The first-order valence-electron chi connectivity index (χ1n) is 10.9. The molecule has 0 aliphatic carbocycles. The van der Waals surface area contributed by atoms with Crippen molar-refractivity contribution in [3.05, 3.63) is 0 Å². The lowest BCUT2D eigenvalue weighted by molar-refractivity contribution is 0.800. The van der Waals surface area contributed by atoms with Gasteiger partial charge in [-0.2, -0.15) is 0 Å². The van der Waals surface area contributed by atoms with Crippen LogP contribution in [-0.2, 0) is 0 Å². The zero-order chi connectivity index (χ0) is 19.1. The summed E-state index contributed by atoms with van der Waals surface area (Å²) in [5.74, 6) is 0. The van der Waals surface area contributed by atoms with E-state index < -0.39 is 28.4 Å². The number of rotatable bonds is 8. The molecule has 1 rings (SSSR count). The van der Waals surface area contributed by atoms with Gasteiger partial charge in [0, 0.05) is 28.4 Å². The molecular weight excluding hydrogens is 353 g/mol. The second kappa shape index (κ2) is 7.47. The molecule has 1 aliphatic rings. The fraction of sp³-hybridized carbons (Fsp3) is 1.00. The Morgan fingerprint density at radius 1 is 0.417 bits per heavy atom. The number of hydrogen-bond donors (Lipinski definition) is 0. The monoisotopic (exact) mass is 400 g/mol. The first-order chi connectivity index (χ1) is 10.9. The molecule has 0 aromatic heterocycles. The van der Waals surface area contributed by atoms with Gasteiger partial charge in [-0.1, -0.05) is 129 Å². The van der Waals surface area contributed by atoms with Gasteiger partial charge >= 0.3 is 0 Å². The van der Waals surface area contributed by atoms with Crippen molar-refractivity contribution in [1.82, 2.24) is 0 Å². The molecule has 4 unspecified atom stereocenters. The summed E-state index contributed by atoms with van der Waals surface area (Å²) in [4.78, 5) is 0. The highest BCUT2D eigenvalue weighted by molar-refractivity contribution is 8.14. The third kappa shape index (κ3) is 2.31. The van der Waals surface area contributed by atoms with Crippen LogP contribution in [0.15, 0.2) is 0 Å². The Bertz CT molecular complexity index is 345. The van der Waals surface area contributed by atoms with Gasteiger partial charge in [0.25, 0.3) is 0 Å². The average Bonchev–Trinajstić information content (AvgIpc) is 2.61. The molecule has 0 bridgehead atoms. The Morgan fingerprint density at radius 3 is 0.625 bits per heavy atom. The standard InChI is InChI=1S/C20H48Si4/c1-13-17(5)21(9)22(10,18(6)14-2)24(12,20(8)16-4)23(21,11)19(7)15-3/h17-20H,13-16H2,1-12H3. The van der Waals surface area contributed by atoms with E-state index in [2.05, 4.69) is 81.6 Å². The third-order valence-electron chi connectivity index (χ3n) is 10.7. The summed E-state index contributed by atoms with van der Waals surface area (Å²) in [6.45, 7) is 32.6. The molecule has 4 heteroatoms. The van der Waals surface area contributed by atoms with Gasteiger partial charge in [-0.15, -0.1) is 0 Å². The minimum absolute atomic E-state index is 1.07. The van der Waals surface area contributed by atoms with Crippen molar-refractivity contribution >= 4 is 28.4 Å². The molecule has 0 spiro atoms. The minimum Gasteiger partial charge on any atom is -0.0731 e. The normalized spacial score (nSPS) is 44.5. The minimum atomic E-state index is -1.15. The SMILES string of the molecule is CCC(C)[Si]1(C)[Si](C)(C(C)CC)[Si](C)(C(C)CC)[Si]1(C)C(C)CC. The van der Waals surface area contributed by atoms with E-state index in [1.807, 2.05) is 0 Å². The molecule has 1 saturated heterocycles. The van der Waals surface area contributed by atoms with Crippen LogP contribution < -0.4 is 0 Å². The van der Waals surface area contributed by atoms with Crippen LogP contribution in [-0.4, -0.2) is 28.4 Å². The molecule has 0 nitrogen and oxygen atoms in total. The largest absolute Gasteiger partial charge is 0.0731 e. The fourth-order valence-electron chi connectivity index (χ4n) is 7.82. The van der Waals surface area contributed by atoms with Gasteiger partial charge in [-0.05, 0) is 0 Å². The first-order valence-corrected chi connectivity index (χ1v) is 25.2. The molecule has 0 aromatic carbocycles. The van der Waals surface area contributed by atoms with Crippen molar-refractivity contribution in [2.24, 2.45) is 0 Å². The Kier molecular flexibility index (Phi) is 7.13. The summed E-state index contributed by atoms with van der Waals surface area (Å²) in [7, 11) is -4.60. The zero-order valence-corrected chi connectivity index (χ0v) is 23.1. The van der Waals surface area contributed by atoms with Crippen LogP contribution in [0.2, 0.25) is 48.4 Å². The van der Waals surface area contributed by atoms with Crippen LogP contribution in [0.4, 0.5) is 0 Å². The lowest BCUT2D eigenvalue weighted by Gasteiger charge is -2.82. The maximum atomic E-state index is 2.97. The molecule has 1 heterocycles. The van der Waals surface area contributed by atoms with Crippen molar-refractivity contribution < 1.29 is 0 Å². The van der Waals surface area contributed by atoms with Crippen molar-refractivity contribution in [3.8, 4) is 0 Å². The third-order valence-corrected chi connectivity index (χ3v) is 113. The van der Waals surface area contributed by atoms with Crippen LogP contribution in [0.5, 0.6) is 0 Å². The van der Waals surface area contributed by atoms with Crippen LogP contribution in [0.3, 0.4) is 0 Å². The lowest BCUT2D eigenvalue weighted by Crippen LogP contribution is -3.06. The maximum absolute atomic E-state index is 2.97. The Labute approximate surface area is 157 Å². The fourth-order valence-corrected chi connectivity index (χ4v) is 167. The molecule has 4 atom stereocenters. The Balaban J connectivity index is 3.76. The first kappa shape index (κ1) is 22.9. The molecule has 0 radical (unpaired) electrons. The van der Waals surface area contributed by atoms with E-state index in [9.17, 15) is 0 Å². The average molecular weight is 401 g/mol. The predicted molar refractivity (Wildman–Crippen MR) is 125 cm³/mol. The lowest BCUT2D eigenvalue weighted by atomic mass is 10.4. The highest BCUT2D eigenvalue weighted by Gasteiger charge is 2.85. The van der Waals surface area contributed by atoms with E-state index in [1.54, 1.807) is 0 Å². The molecule has 1 fully saturated rings. The van der Waals surface area contributed by atoms with Crippen molar-refractivity contribution in [2.45, 2.75) is 129 Å². The van der Waals surface area contributed by atoms with E-state index in [1.165, 1.54) is 25.7 Å². The van der Waals surface area contributed by atoms with E-state index in [-0.39, 0.29) is 0 Å². The summed E-state index contributed by atoms with van der Waals surface area (Å²) in [6, 6.07) is 0. The van der Waals surface area contributed by atoms with Gasteiger partial charge in [0.1, 0.15) is 0 Å². The Morgan fingerprint density at radius 2 is 0.542 bits per heavy atom. The van der Waals surface area contributed by atoms with Crippen molar-refractivity contribution in [2.75, 3.05) is 0 Å². The summed E-state index contributed by atoms with van der Waals surface area (Å²) in [5, 5.41) is 0. The molecule has 0 amide bonds. The second-order valence-electron chi connectivity index (χ2n) is 10.0. The van der Waals surface area contributed by atoms with E-state index in [0.29, 0.717) is 0 Å². The van der Waals surface area contributed by atoms with E-state index in [4.69, 9.17) is 0 Å². The molecule has 1 aliphatic heterocycles. The summed E-state index contributed by atoms with van der Waals surface area (Å²) < 4.78 is 0. The van der Waals surface area contributed by atoms with Crippen LogP contribution in [0, 0.1) is 0 Å². The van der Waals surface area contributed by atoms with Crippen LogP contribution in [0.1, 0.15) is 81.1 Å². The highest BCUT2D eigenvalue weighted by atomic mass is 30.2. The van der Waals surface area contributed by atoms with Gasteiger partial charge in [0.15, 0.2) is 0 Å². The van der Waals surface area contributed by atoms with Crippen LogP contribution in [0.25, 0.3) is 0 Å². The van der Waals surface area contributed by atoms with Crippen molar-refractivity contribution in [1.29, 1.82) is 0 Å². The van der Waals surface area contributed by atoms with Crippen LogP contribution >= 0.6 is 0 Å². The molecule has 0 saturated carbocycles. The summed E-state index contributed by atoms with van der Waals surface area (Å²) in [5.41, 5.74) is 4.27. The molecule has 0 aromatic rings. The van der Waals surface area contributed by atoms with Gasteiger partial charge in [-0.25, -0.2) is 0 Å². The molecule has 24 heavy (non-hydrogen) atoms. The van der Waals surface area contributed by atoms with Gasteiger partial charge in [0.05, 0.1) is 0 Å². The quantitative estimate of drug-likeness (QED) is 0.364. The second-order valence-corrected chi connectivity index (χ2v) is 54.5. The maximum Gasteiger partial charge on any atom is 0.0375 e. The molecule has 144 valence electrons. The highest BCUT2D eigenvalue weighted by Crippen LogP contribution is 2.67. The van der Waals surface area contributed by atoms with E-state index >= 15 is 0 Å². The van der Waals surface area contributed by atoms with E-state index in [0.717, 1.165) is 22.2 Å². The zero-order valence-electron chi connectivity index (χ0n) is 19.1. The molecule has 0 N–H and O–H groups in total. The predicted octanol–water partition coefficient (Wildman–Crippen LogP) is 7.83. The van der Waals surface area contributed by atoms with Gasteiger partial charge < -0.3 is 0 Å².